The number of nitro groups is 1. The molecule has 2 heterocycles. The van der Waals surface area contributed by atoms with E-state index in [2.05, 4.69) is 45.0 Å². The van der Waals surface area contributed by atoms with Crippen molar-refractivity contribution in [1.29, 1.82) is 0 Å². The van der Waals surface area contributed by atoms with Gasteiger partial charge in [0.2, 0.25) is 4.99 Å². The van der Waals surface area contributed by atoms with Crippen molar-refractivity contribution in [2.45, 2.75) is 38.1 Å². The van der Waals surface area contributed by atoms with E-state index in [1.807, 2.05) is 59.6 Å². The topological polar surface area (TPSA) is 91.4 Å². The average molecular weight is 576 g/mol. The molecular weight excluding hydrogens is 546 g/mol. The highest BCUT2D eigenvalue weighted by atomic mass is 32.2. The number of thioether (sulfide) groups is 1. The fourth-order valence-corrected chi connectivity index (χ4v) is 6.49. The van der Waals surface area contributed by atoms with E-state index in [0.29, 0.717) is 10.7 Å². The summed E-state index contributed by atoms with van der Waals surface area (Å²) in [6.45, 7) is 8.05. The van der Waals surface area contributed by atoms with Gasteiger partial charge in [0.25, 0.3) is 5.69 Å². The molecule has 0 radical (unpaired) electrons. The number of hydrogen-bond donors (Lipinski definition) is 0. The fourth-order valence-electron chi connectivity index (χ4n) is 5.20. The first-order valence-corrected chi connectivity index (χ1v) is 14.4. The van der Waals surface area contributed by atoms with Gasteiger partial charge in [0.15, 0.2) is 10.8 Å². The lowest BCUT2D eigenvalue weighted by molar-refractivity contribution is -0.384. The Morgan fingerprint density at radius 1 is 0.810 bits per heavy atom. The maximum Gasteiger partial charge on any atom is 0.269 e. The summed E-state index contributed by atoms with van der Waals surface area (Å²) < 4.78 is 0. The smallest absolute Gasteiger partial charge is 0.269 e. The largest absolute Gasteiger partial charge is 0.292 e. The zero-order valence-electron chi connectivity index (χ0n) is 23.7. The Morgan fingerprint density at radius 3 is 2.02 bits per heavy atom. The van der Waals surface area contributed by atoms with Gasteiger partial charge < -0.3 is 0 Å². The number of anilines is 2. The Labute approximate surface area is 248 Å². The van der Waals surface area contributed by atoms with E-state index in [9.17, 15) is 14.9 Å². The van der Waals surface area contributed by atoms with E-state index in [-0.39, 0.29) is 16.9 Å². The highest BCUT2D eigenvalue weighted by Crippen LogP contribution is 2.55. The Balaban J connectivity index is 1.60. The molecule has 1 spiro atoms. The van der Waals surface area contributed by atoms with E-state index in [0.717, 1.165) is 28.1 Å². The second kappa shape index (κ2) is 10.3. The number of carbonyl (C=O) groups excluding carboxylic acids is 1. The molecular formula is C33H29N5O3S. The molecule has 0 aliphatic carbocycles. The van der Waals surface area contributed by atoms with Gasteiger partial charge in [0.05, 0.1) is 22.0 Å². The molecule has 42 heavy (non-hydrogen) atoms. The Bertz CT molecular complexity index is 1750. The van der Waals surface area contributed by atoms with Gasteiger partial charge >= 0.3 is 0 Å². The summed E-state index contributed by atoms with van der Waals surface area (Å²) in [5, 5.41) is 25.5. The Hall–Kier alpha value is -4.76. The molecule has 1 unspecified atom stereocenters. The van der Waals surface area contributed by atoms with Gasteiger partial charge in [-0.25, -0.2) is 10.0 Å². The number of carbonyl (C=O) groups is 1. The summed E-state index contributed by atoms with van der Waals surface area (Å²) in [5.74, 6) is -0.179. The lowest BCUT2D eigenvalue weighted by Gasteiger charge is -2.47. The summed E-state index contributed by atoms with van der Waals surface area (Å²) in [5.41, 5.74) is 6.15. The van der Waals surface area contributed by atoms with E-state index >= 15 is 0 Å². The van der Waals surface area contributed by atoms with Crippen LogP contribution < -0.4 is 10.0 Å². The van der Waals surface area contributed by atoms with Crippen LogP contribution in [0.2, 0.25) is 0 Å². The first-order valence-electron chi connectivity index (χ1n) is 13.6. The van der Waals surface area contributed by atoms with Crippen molar-refractivity contribution in [2.24, 2.45) is 10.2 Å². The third-order valence-corrected chi connectivity index (χ3v) is 8.78. The first-order chi connectivity index (χ1) is 20.1. The molecule has 0 amide bonds. The molecule has 8 nitrogen and oxygen atoms in total. The SMILES string of the molecule is CC(=O)C1=NN(c2ccc([N+](=O)[O-])cc2)C2(S1)c1ccccc1C(c1ccc(C(C)(C)C)cc1)=NN2c1ccccc1. The van der Waals surface area contributed by atoms with Crippen LogP contribution in [0.5, 0.6) is 0 Å². The predicted octanol–water partition coefficient (Wildman–Crippen LogP) is 7.43. The molecule has 0 saturated heterocycles. The van der Waals surface area contributed by atoms with Crippen LogP contribution in [-0.4, -0.2) is 21.5 Å². The molecule has 1 atom stereocenters. The van der Waals surface area contributed by atoms with Crippen molar-refractivity contribution in [3.8, 4) is 0 Å². The lowest BCUT2D eigenvalue weighted by atomic mass is 9.85. The van der Waals surface area contributed by atoms with E-state index < -0.39 is 9.92 Å². The summed E-state index contributed by atoms with van der Waals surface area (Å²) in [7, 11) is 0. The molecule has 4 aromatic carbocycles. The summed E-state index contributed by atoms with van der Waals surface area (Å²) >= 11 is 1.32. The Kier molecular flexibility index (Phi) is 6.69. The van der Waals surface area contributed by atoms with Crippen LogP contribution in [0.15, 0.2) is 113 Å². The van der Waals surface area contributed by atoms with Crippen molar-refractivity contribution >= 4 is 45.4 Å². The van der Waals surface area contributed by atoms with Gasteiger partial charge in [0, 0.05) is 35.7 Å². The number of fused-ring (bicyclic) bond motifs is 2. The van der Waals surface area contributed by atoms with Crippen LogP contribution in [0.3, 0.4) is 0 Å². The molecule has 6 rings (SSSR count). The van der Waals surface area contributed by atoms with Gasteiger partial charge in [-0.15, -0.1) is 0 Å². The number of Topliss-reactive ketones (excluding diaryl/α,β-unsaturated/α-hetero) is 1. The fraction of sp³-hybridized carbons (Fsp3) is 0.182. The lowest BCUT2D eigenvalue weighted by Crippen LogP contribution is -2.54. The minimum absolute atomic E-state index is 0.0110. The van der Waals surface area contributed by atoms with Gasteiger partial charge in [-0.1, -0.05) is 87.5 Å². The van der Waals surface area contributed by atoms with Crippen LogP contribution in [0.4, 0.5) is 17.1 Å². The zero-order valence-corrected chi connectivity index (χ0v) is 24.5. The quantitative estimate of drug-likeness (QED) is 0.182. The average Bonchev–Trinajstić information content (AvgIpc) is 3.39. The van der Waals surface area contributed by atoms with E-state index in [1.165, 1.54) is 36.4 Å². The second-order valence-corrected chi connectivity index (χ2v) is 12.4. The first kappa shape index (κ1) is 27.4. The number of non-ortho nitro benzene ring substituents is 1. The van der Waals surface area contributed by atoms with Crippen LogP contribution in [0.1, 0.15) is 49.9 Å². The molecule has 9 heteroatoms. The molecule has 210 valence electrons. The third-order valence-electron chi connectivity index (χ3n) is 7.37. The van der Waals surface area contributed by atoms with Gasteiger partial charge in [0.1, 0.15) is 0 Å². The third kappa shape index (κ3) is 4.55. The Morgan fingerprint density at radius 2 is 1.40 bits per heavy atom. The molecule has 2 aliphatic rings. The van der Waals surface area contributed by atoms with Gasteiger partial charge in [-0.05, 0) is 47.0 Å². The van der Waals surface area contributed by atoms with E-state index in [1.54, 1.807) is 17.1 Å². The monoisotopic (exact) mass is 575 g/mol. The van der Waals surface area contributed by atoms with Crippen molar-refractivity contribution in [3.05, 3.63) is 135 Å². The van der Waals surface area contributed by atoms with Crippen molar-refractivity contribution in [1.82, 2.24) is 0 Å². The molecule has 0 N–H and O–H groups in total. The van der Waals surface area contributed by atoms with Gasteiger partial charge in [-0.2, -0.15) is 10.2 Å². The van der Waals surface area contributed by atoms with Gasteiger partial charge in [-0.3, -0.25) is 14.9 Å². The molecule has 0 aromatic heterocycles. The predicted molar refractivity (Wildman–Crippen MR) is 169 cm³/mol. The number of hydrogen-bond acceptors (Lipinski definition) is 8. The van der Waals surface area contributed by atoms with Crippen LogP contribution in [0, 0.1) is 10.1 Å². The minimum atomic E-state index is -1.12. The van der Waals surface area contributed by atoms with Crippen molar-refractivity contribution < 1.29 is 9.72 Å². The maximum absolute atomic E-state index is 12.8. The normalized spacial score (nSPS) is 18.0. The number of hydrazone groups is 2. The molecule has 0 bridgehead atoms. The number of para-hydroxylation sites is 1. The second-order valence-electron chi connectivity index (χ2n) is 11.2. The van der Waals surface area contributed by atoms with Crippen LogP contribution in [0.25, 0.3) is 0 Å². The number of nitro benzene ring substituents is 1. The van der Waals surface area contributed by atoms with Crippen molar-refractivity contribution in [3.63, 3.8) is 0 Å². The number of nitrogens with zero attached hydrogens (tertiary/aromatic N) is 5. The maximum atomic E-state index is 12.8. The summed E-state index contributed by atoms with van der Waals surface area (Å²) in [6, 6.07) is 32.5. The highest BCUT2D eigenvalue weighted by Gasteiger charge is 2.55. The summed E-state index contributed by atoms with van der Waals surface area (Å²) in [6.07, 6.45) is 0. The standard InChI is InChI=1S/C33H29N5O3S/c1-22(39)31-35-37(26-18-20-27(21-19-26)38(40)41)33(42-31)29-13-9-8-12-28(29)30(34-36(33)25-10-6-5-7-11-25)23-14-16-24(17-15-23)32(2,3)4/h5-21H,1-4H3. The minimum Gasteiger partial charge on any atom is -0.292 e. The summed E-state index contributed by atoms with van der Waals surface area (Å²) in [4.78, 5) is 22.7. The van der Waals surface area contributed by atoms with Crippen molar-refractivity contribution in [2.75, 3.05) is 10.0 Å². The van der Waals surface area contributed by atoms with E-state index in [4.69, 9.17) is 10.2 Å². The number of benzene rings is 4. The molecule has 0 saturated carbocycles. The number of ketones is 1. The molecule has 2 aliphatic heterocycles. The zero-order chi connectivity index (χ0) is 29.6. The molecule has 0 fully saturated rings. The van der Waals surface area contributed by atoms with Crippen LogP contribution >= 0.6 is 11.8 Å². The molecule has 4 aromatic rings. The highest BCUT2D eigenvalue weighted by molar-refractivity contribution is 8.17. The van der Waals surface area contributed by atoms with Crippen LogP contribution in [-0.2, 0) is 15.2 Å². The number of rotatable bonds is 5.